The summed E-state index contributed by atoms with van der Waals surface area (Å²) >= 11 is 1.41. The van der Waals surface area contributed by atoms with Crippen molar-refractivity contribution in [1.29, 1.82) is 0 Å². The van der Waals surface area contributed by atoms with Crippen LogP contribution in [0.25, 0.3) is 0 Å². The quantitative estimate of drug-likeness (QED) is 0.0597. The number of thioether (sulfide) groups is 1. The molecule has 4 rings (SSSR count). The third-order valence-electron chi connectivity index (χ3n) is 9.98. The summed E-state index contributed by atoms with van der Waals surface area (Å²) in [7, 11) is 1.20. The summed E-state index contributed by atoms with van der Waals surface area (Å²) in [4.78, 5) is 109. The van der Waals surface area contributed by atoms with Crippen LogP contribution < -0.4 is 39.1 Å². The highest BCUT2D eigenvalue weighted by molar-refractivity contribution is 7.98. The summed E-state index contributed by atoms with van der Waals surface area (Å²) < 4.78 is 6.61. The molecule has 1 aromatic heterocycles. The predicted molar refractivity (Wildman–Crippen MR) is 227 cm³/mol. The first-order chi connectivity index (χ1) is 29.8. The number of nitrogens with two attached hydrogens (primary N) is 3. The number of aliphatic hydroxyl groups is 1. The second-order valence-corrected chi connectivity index (χ2v) is 15.6. The van der Waals surface area contributed by atoms with Gasteiger partial charge in [-0.25, -0.2) is 19.3 Å². The zero-order chi connectivity index (χ0) is 46.5. The minimum absolute atomic E-state index is 0.136. The number of phenolic OH excluding ortho intramolecular Hbond substituents is 2. The molecule has 2 aromatic carbocycles. The van der Waals surface area contributed by atoms with Crippen LogP contribution in [0.5, 0.6) is 11.5 Å². The average molecular weight is 898 g/mol. The maximum atomic E-state index is 14.7. The van der Waals surface area contributed by atoms with Crippen LogP contribution in [0.1, 0.15) is 36.6 Å². The van der Waals surface area contributed by atoms with E-state index in [0.29, 0.717) is 16.2 Å². The molecule has 7 atom stereocenters. The second-order valence-electron chi connectivity index (χ2n) is 14.6. The monoisotopic (exact) mass is 897 g/mol. The van der Waals surface area contributed by atoms with E-state index in [1.807, 2.05) is 4.98 Å². The van der Waals surface area contributed by atoms with Crippen LogP contribution in [0.3, 0.4) is 0 Å². The molecule has 5 unspecified atom stereocenters. The van der Waals surface area contributed by atoms with Crippen LogP contribution in [0.15, 0.2) is 82.3 Å². The molecule has 13 N–H and O–H groups in total. The highest BCUT2D eigenvalue weighted by Crippen LogP contribution is 2.31. The maximum absolute atomic E-state index is 14.7. The fourth-order valence-corrected chi connectivity index (χ4v) is 7.11. The number of H-pyrrole nitrogens is 1. The molecular weight excluding hydrogens is 847 g/mol. The number of likely N-dealkylation sites (N-methyl/N-ethyl adjacent to an activating group) is 1. The first-order valence-electron chi connectivity index (χ1n) is 19.4. The van der Waals surface area contributed by atoms with E-state index >= 15 is 0 Å². The Hall–Kier alpha value is -6.53. The number of nitrogens with zero attached hydrogens (tertiary/aromatic N) is 3. The molecule has 0 aliphatic carbocycles. The van der Waals surface area contributed by atoms with Gasteiger partial charge >= 0.3 is 17.7 Å². The fraction of sp³-hybridized carbons (Fsp3) is 0.400. The first-order valence-corrected chi connectivity index (χ1v) is 20.8. The third kappa shape index (κ3) is 13.5. The van der Waals surface area contributed by atoms with Gasteiger partial charge in [-0.15, -0.1) is 0 Å². The lowest BCUT2D eigenvalue weighted by Crippen LogP contribution is -2.62. The van der Waals surface area contributed by atoms with Gasteiger partial charge < -0.3 is 57.9 Å². The lowest BCUT2D eigenvalue weighted by Gasteiger charge is -2.36. The van der Waals surface area contributed by atoms with Crippen molar-refractivity contribution in [3.63, 3.8) is 0 Å². The van der Waals surface area contributed by atoms with Crippen LogP contribution in [-0.2, 0) is 41.6 Å². The van der Waals surface area contributed by atoms with E-state index in [9.17, 15) is 58.8 Å². The standard InChI is InChI=1S/C40H51N9O13S/c1-47(35(56)27(44-33(55)19-41)15-21-5-3-7-23(50)13-21)29(18-30(52)26(42)10-12-63-2)34(43)36(57)49(39(60)45-28(38(58)59)16-22-6-4-8-24(51)14-22)20-25-17-31(53)37(62-25)48-11-9-32(54)46-40(48)61/h3-9,11,13-14,20,26-29,31,34,37,50-51,53H,10,12,15-19,41-43H2,1-2H3,(H,44,55)(H,45,60)(H,58,59)(H,46,54,61)/b25-20+/t26-,27-,28?,29?,31?,34?,37?/m0/s1. The number of nitrogens with one attached hydrogen (secondary N) is 3. The van der Waals surface area contributed by atoms with Gasteiger partial charge in [-0.1, -0.05) is 24.3 Å². The molecule has 5 amide bonds. The van der Waals surface area contributed by atoms with Gasteiger partial charge in [0.25, 0.3) is 11.5 Å². The number of imide groups is 1. The van der Waals surface area contributed by atoms with Crippen molar-refractivity contribution < 1.29 is 53.9 Å². The van der Waals surface area contributed by atoms with E-state index in [-0.39, 0.29) is 42.1 Å². The number of ketones is 1. The van der Waals surface area contributed by atoms with Crippen LogP contribution in [0.4, 0.5) is 4.79 Å². The molecule has 1 fully saturated rings. The lowest BCUT2D eigenvalue weighted by atomic mass is 9.95. The summed E-state index contributed by atoms with van der Waals surface area (Å²) in [6.07, 6.45) is -0.795. The smallest absolute Gasteiger partial charge is 0.331 e. The van der Waals surface area contributed by atoms with E-state index in [4.69, 9.17) is 21.9 Å². The molecule has 63 heavy (non-hydrogen) atoms. The number of aromatic hydroxyl groups is 2. The van der Waals surface area contributed by atoms with Crippen LogP contribution in [0, 0.1) is 0 Å². The Morgan fingerprint density at radius 1 is 0.968 bits per heavy atom. The Morgan fingerprint density at radius 2 is 1.59 bits per heavy atom. The molecule has 3 aromatic rings. The molecule has 0 spiro atoms. The largest absolute Gasteiger partial charge is 0.508 e. The normalized spacial score (nSPS) is 17.7. The summed E-state index contributed by atoms with van der Waals surface area (Å²) in [5.41, 5.74) is 17.4. The number of ether oxygens (including phenoxy) is 1. The number of hydrogen-bond donors (Lipinski definition) is 10. The number of rotatable bonds is 20. The number of aromatic amines is 1. The summed E-state index contributed by atoms with van der Waals surface area (Å²) in [5.74, 6) is -5.28. The van der Waals surface area contributed by atoms with E-state index < -0.39 is 109 Å². The number of Topliss-reactive ketones (excluding diaryl/α,β-unsaturated/α-hetero) is 1. The van der Waals surface area contributed by atoms with Crippen LogP contribution in [-0.4, -0.2) is 137 Å². The molecule has 2 heterocycles. The van der Waals surface area contributed by atoms with Gasteiger partial charge in [0, 0.05) is 45.0 Å². The molecule has 340 valence electrons. The van der Waals surface area contributed by atoms with Crippen molar-refractivity contribution in [2.75, 3.05) is 25.6 Å². The summed E-state index contributed by atoms with van der Waals surface area (Å²) in [6, 6.07) is 3.16. The Morgan fingerprint density at radius 3 is 2.14 bits per heavy atom. The van der Waals surface area contributed by atoms with E-state index in [2.05, 4.69) is 10.6 Å². The molecule has 0 saturated carbocycles. The molecule has 1 aliphatic rings. The van der Waals surface area contributed by atoms with Crippen molar-refractivity contribution in [2.45, 2.75) is 74.6 Å². The van der Waals surface area contributed by atoms with Gasteiger partial charge in [-0.3, -0.25) is 33.5 Å². The highest BCUT2D eigenvalue weighted by Gasteiger charge is 2.41. The van der Waals surface area contributed by atoms with Crippen molar-refractivity contribution in [1.82, 2.24) is 30.0 Å². The molecule has 1 saturated heterocycles. The van der Waals surface area contributed by atoms with Crippen LogP contribution in [0.2, 0.25) is 0 Å². The molecule has 22 nitrogen and oxygen atoms in total. The van der Waals surface area contributed by atoms with Crippen molar-refractivity contribution in [3.05, 3.63) is 105 Å². The fourth-order valence-electron chi connectivity index (χ4n) is 6.62. The minimum Gasteiger partial charge on any atom is -0.508 e. The molecular formula is C40H51N9O13S. The van der Waals surface area contributed by atoms with Gasteiger partial charge in [0.15, 0.2) is 5.78 Å². The Bertz CT molecular complexity index is 2300. The van der Waals surface area contributed by atoms with Gasteiger partial charge in [0.1, 0.15) is 41.5 Å². The Balaban J connectivity index is 1.78. The van der Waals surface area contributed by atoms with E-state index in [0.717, 1.165) is 27.9 Å². The number of amides is 5. The number of carbonyl (C=O) groups is 6. The topological polar surface area (TPSA) is 356 Å². The molecule has 1 aliphatic heterocycles. The van der Waals surface area contributed by atoms with E-state index in [1.165, 1.54) is 61.3 Å². The number of hydrogen-bond acceptors (Lipinski definition) is 16. The number of carbonyl (C=O) groups excluding carboxylic acids is 5. The Labute approximate surface area is 364 Å². The van der Waals surface area contributed by atoms with Gasteiger partial charge in [0.2, 0.25) is 18.0 Å². The number of urea groups is 1. The Kier molecular flexibility index (Phi) is 17.6. The van der Waals surface area contributed by atoms with Gasteiger partial charge in [-0.2, -0.15) is 11.8 Å². The SMILES string of the molecule is CSCC[C@H](N)C(=O)CC(C(N)C(=O)N(/C=C1\CC(O)C(n2ccc(=O)[nH]c2=O)O1)C(=O)NC(Cc1cccc(O)c1)C(=O)O)N(C)C(=O)[C@H](Cc1cccc(O)c1)NC(=O)CN. The zero-order valence-corrected chi connectivity index (χ0v) is 35.1. The lowest BCUT2D eigenvalue weighted by molar-refractivity contribution is -0.141. The summed E-state index contributed by atoms with van der Waals surface area (Å²) in [6.45, 7) is -0.520. The average Bonchev–Trinajstić information content (AvgIpc) is 3.60. The number of carboxylic acid groups (broad SMARTS) is 1. The van der Waals surface area contributed by atoms with Gasteiger partial charge in [0.05, 0.1) is 24.8 Å². The molecule has 23 heteroatoms. The molecule has 0 radical (unpaired) electrons. The first kappa shape index (κ1) is 49.1. The molecule has 0 bridgehead atoms. The number of aromatic nitrogens is 2. The second kappa shape index (κ2) is 22.5. The number of aliphatic hydroxyl groups excluding tert-OH is 1. The summed E-state index contributed by atoms with van der Waals surface area (Å²) in [5, 5.41) is 45.8. The predicted octanol–water partition coefficient (Wildman–Crippen LogP) is -1.82. The number of phenols is 2. The third-order valence-corrected chi connectivity index (χ3v) is 10.6. The van der Waals surface area contributed by atoms with E-state index in [1.54, 1.807) is 12.3 Å². The number of aliphatic carboxylic acids is 1. The van der Waals surface area contributed by atoms with Crippen molar-refractivity contribution in [2.24, 2.45) is 17.2 Å². The maximum Gasteiger partial charge on any atom is 0.331 e. The van der Waals surface area contributed by atoms with Gasteiger partial charge in [-0.05, 0) is 53.8 Å². The number of benzene rings is 2. The highest BCUT2D eigenvalue weighted by atomic mass is 32.2. The van der Waals surface area contributed by atoms with Crippen LogP contribution >= 0.6 is 11.8 Å². The number of carboxylic acids is 1. The minimum atomic E-state index is -1.98. The zero-order valence-electron chi connectivity index (χ0n) is 34.3. The van der Waals surface area contributed by atoms with Crippen molar-refractivity contribution >= 4 is 47.3 Å². The van der Waals surface area contributed by atoms with Crippen molar-refractivity contribution in [3.8, 4) is 11.5 Å².